The summed E-state index contributed by atoms with van der Waals surface area (Å²) in [5.74, 6) is 0. The molecule has 0 aliphatic carbocycles. The zero-order chi connectivity index (χ0) is 15.6. The van der Waals surface area contributed by atoms with Gasteiger partial charge in [0.25, 0.3) is 0 Å². The van der Waals surface area contributed by atoms with Crippen molar-refractivity contribution >= 4 is 0 Å². The number of alkyl halides is 3. The summed E-state index contributed by atoms with van der Waals surface area (Å²) >= 11 is 0. The smallest absolute Gasteiger partial charge is 0.300 e. The predicted octanol–water partition coefficient (Wildman–Crippen LogP) is 3.32. The molecule has 1 atom stereocenters. The Balaban J connectivity index is 4.37. The lowest BCUT2D eigenvalue weighted by Crippen LogP contribution is -2.44. The normalized spacial score (nSPS) is 15.1. The van der Waals surface area contributed by atoms with Crippen LogP contribution in [0.15, 0.2) is 0 Å². The van der Waals surface area contributed by atoms with E-state index in [0.29, 0.717) is 45.3 Å². The van der Waals surface area contributed by atoms with E-state index < -0.39 is 18.3 Å². The molecule has 0 amide bonds. The highest BCUT2D eigenvalue weighted by Gasteiger charge is 2.31. The number of nitrogens with zero attached hydrogens (tertiary/aromatic N) is 2. The van der Waals surface area contributed by atoms with Crippen LogP contribution in [0.2, 0.25) is 0 Å². The van der Waals surface area contributed by atoms with E-state index in [1.165, 1.54) is 4.90 Å². The number of nitriles is 1. The Morgan fingerprint density at radius 3 is 2.20 bits per heavy atom. The highest BCUT2D eigenvalue weighted by atomic mass is 19.4. The molecule has 0 bridgehead atoms. The molecule has 3 nitrogen and oxygen atoms in total. The molecule has 0 aromatic carbocycles. The Morgan fingerprint density at radius 2 is 1.80 bits per heavy atom. The molecule has 0 aliphatic rings. The van der Waals surface area contributed by atoms with Gasteiger partial charge in [-0.1, -0.05) is 20.8 Å². The molecule has 0 saturated heterocycles. The number of nitrogens with one attached hydrogen (secondary N) is 1. The van der Waals surface area contributed by atoms with Gasteiger partial charge in [-0.05, 0) is 45.3 Å². The lowest BCUT2D eigenvalue weighted by molar-refractivity contribution is -0.146. The fourth-order valence-electron chi connectivity index (χ4n) is 2.35. The highest BCUT2D eigenvalue weighted by molar-refractivity contribution is 5.06. The van der Waals surface area contributed by atoms with E-state index in [4.69, 9.17) is 0 Å². The zero-order valence-corrected chi connectivity index (χ0v) is 12.7. The van der Waals surface area contributed by atoms with Crippen molar-refractivity contribution in [2.75, 3.05) is 26.2 Å². The average molecular weight is 293 g/mol. The molecule has 0 fully saturated rings. The van der Waals surface area contributed by atoms with Crippen LogP contribution in [0.4, 0.5) is 13.2 Å². The molecule has 0 radical (unpaired) electrons. The van der Waals surface area contributed by atoms with Gasteiger partial charge in [-0.15, -0.1) is 0 Å². The van der Waals surface area contributed by atoms with E-state index in [-0.39, 0.29) is 0 Å². The van der Waals surface area contributed by atoms with E-state index in [1.54, 1.807) is 0 Å². The monoisotopic (exact) mass is 293 g/mol. The fourth-order valence-corrected chi connectivity index (χ4v) is 2.35. The van der Waals surface area contributed by atoms with Crippen LogP contribution in [-0.2, 0) is 0 Å². The molecule has 20 heavy (non-hydrogen) atoms. The van der Waals surface area contributed by atoms with Crippen molar-refractivity contribution in [2.24, 2.45) is 0 Å². The van der Waals surface area contributed by atoms with Gasteiger partial charge in [0.2, 0.25) is 0 Å². The standard InChI is InChI=1S/C14H26F3N3/c1-4-9-20(12-14(15,16)17)10-7-8-13(5-2,11-18)19-6-3/h19H,4-10,12H2,1-3H3. The van der Waals surface area contributed by atoms with Crippen LogP contribution in [0.5, 0.6) is 0 Å². The summed E-state index contributed by atoms with van der Waals surface area (Å²) < 4.78 is 37.3. The lowest BCUT2D eigenvalue weighted by Gasteiger charge is -2.28. The van der Waals surface area contributed by atoms with Crippen LogP contribution in [0.1, 0.15) is 46.5 Å². The summed E-state index contributed by atoms with van der Waals surface area (Å²) in [7, 11) is 0. The third-order valence-electron chi connectivity index (χ3n) is 3.35. The third-order valence-corrected chi connectivity index (χ3v) is 3.35. The molecule has 0 aromatic rings. The van der Waals surface area contributed by atoms with Gasteiger partial charge in [0.1, 0.15) is 5.54 Å². The van der Waals surface area contributed by atoms with Crippen molar-refractivity contribution in [2.45, 2.75) is 58.2 Å². The number of hydrogen-bond acceptors (Lipinski definition) is 3. The molecule has 0 heterocycles. The molecular formula is C14H26F3N3. The maximum absolute atomic E-state index is 12.4. The van der Waals surface area contributed by atoms with Gasteiger partial charge in [0.05, 0.1) is 12.6 Å². The minimum atomic E-state index is -4.16. The largest absolute Gasteiger partial charge is 0.401 e. The van der Waals surface area contributed by atoms with Crippen molar-refractivity contribution in [3.05, 3.63) is 0 Å². The summed E-state index contributed by atoms with van der Waals surface area (Å²) in [5.41, 5.74) is -0.606. The van der Waals surface area contributed by atoms with Gasteiger partial charge in [-0.2, -0.15) is 18.4 Å². The first-order valence-corrected chi connectivity index (χ1v) is 7.27. The maximum Gasteiger partial charge on any atom is 0.401 e. The molecule has 118 valence electrons. The zero-order valence-electron chi connectivity index (χ0n) is 12.7. The Kier molecular flexibility index (Phi) is 8.83. The number of rotatable bonds is 10. The Morgan fingerprint density at radius 1 is 1.15 bits per heavy atom. The van der Waals surface area contributed by atoms with E-state index in [1.807, 2.05) is 20.8 Å². The van der Waals surface area contributed by atoms with E-state index in [0.717, 1.165) is 0 Å². The maximum atomic E-state index is 12.4. The quantitative estimate of drug-likeness (QED) is 0.671. The Hall–Kier alpha value is -0.800. The minimum Gasteiger partial charge on any atom is -0.300 e. The molecule has 1 N–H and O–H groups in total. The van der Waals surface area contributed by atoms with Crippen LogP contribution in [-0.4, -0.2) is 42.8 Å². The average Bonchev–Trinajstić information content (AvgIpc) is 2.36. The molecule has 0 saturated carbocycles. The van der Waals surface area contributed by atoms with Gasteiger partial charge in [-0.3, -0.25) is 10.2 Å². The first kappa shape index (κ1) is 19.2. The highest BCUT2D eigenvalue weighted by Crippen LogP contribution is 2.20. The van der Waals surface area contributed by atoms with Crippen LogP contribution in [0.3, 0.4) is 0 Å². The molecule has 6 heteroatoms. The predicted molar refractivity (Wildman–Crippen MR) is 74.3 cm³/mol. The van der Waals surface area contributed by atoms with Crippen LogP contribution >= 0.6 is 0 Å². The molecule has 0 spiro atoms. The van der Waals surface area contributed by atoms with E-state index >= 15 is 0 Å². The lowest BCUT2D eigenvalue weighted by atomic mass is 9.92. The summed E-state index contributed by atoms with van der Waals surface area (Å²) in [4.78, 5) is 1.42. The fraction of sp³-hybridized carbons (Fsp3) is 0.929. The van der Waals surface area contributed by atoms with E-state index in [9.17, 15) is 18.4 Å². The van der Waals surface area contributed by atoms with Crippen molar-refractivity contribution < 1.29 is 13.2 Å². The van der Waals surface area contributed by atoms with E-state index in [2.05, 4.69) is 11.4 Å². The van der Waals surface area contributed by atoms with Crippen LogP contribution < -0.4 is 5.32 Å². The summed E-state index contributed by atoms with van der Waals surface area (Å²) in [6.07, 6.45) is -1.64. The van der Waals surface area contributed by atoms with Crippen LogP contribution in [0, 0.1) is 11.3 Å². The minimum absolute atomic E-state index is 0.377. The SMILES string of the molecule is CCCN(CCCC(C#N)(CC)NCC)CC(F)(F)F. The summed E-state index contributed by atoms with van der Waals surface area (Å²) in [6, 6.07) is 2.27. The van der Waals surface area contributed by atoms with Crippen molar-refractivity contribution in [1.29, 1.82) is 5.26 Å². The molecule has 1 unspecified atom stereocenters. The second-order valence-electron chi connectivity index (χ2n) is 5.07. The first-order valence-electron chi connectivity index (χ1n) is 7.27. The van der Waals surface area contributed by atoms with Gasteiger partial charge in [0.15, 0.2) is 0 Å². The summed E-state index contributed by atoms with van der Waals surface area (Å²) in [6.45, 7) is 6.35. The van der Waals surface area contributed by atoms with Gasteiger partial charge in [-0.25, -0.2) is 0 Å². The molecule has 0 aromatic heterocycles. The van der Waals surface area contributed by atoms with Crippen molar-refractivity contribution in [1.82, 2.24) is 10.2 Å². The van der Waals surface area contributed by atoms with Gasteiger partial charge < -0.3 is 0 Å². The topological polar surface area (TPSA) is 39.1 Å². The van der Waals surface area contributed by atoms with Crippen molar-refractivity contribution in [3.63, 3.8) is 0 Å². The van der Waals surface area contributed by atoms with Crippen LogP contribution in [0.25, 0.3) is 0 Å². The second-order valence-corrected chi connectivity index (χ2v) is 5.07. The second kappa shape index (κ2) is 9.19. The Labute approximate surface area is 120 Å². The van der Waals surface area contributed by atoms with Gasteiger partial charge in [0, 0.05) is 0 Å². The number of hydrogen-bond donors (Lipinski definition) is 1. The third kappa shape index (κ3) is 7.71. The molecular weight excluding hydrogens is 267 g/mol. The van der Waals surface area contributed by atoms with Crippen molar-refractivity contribution in [3.8, 4) is 6.07 Å². The number of halogens is 3. The summed E-state index contributed by atoms with van der Waals surface area (Å²) in [5, 5.41) is 12.4. The molecule has 0 aliphatic heterocycles. The molecule has 0 rings (SSSR count). The first-order chi connectivity index (χ1) is 9.32. The van der Waals surface area contributed by atoms with Gasteiger partial charge >= 0.3 is 6.18 Å². The Bertz CT molecular complexity index is 299.